The topological polar surface area (TPSA) is 44.5 Å². The molecule has 0 heterocycles. The van der Waals surface area contributed by atoms with Gasteiger partial charge in [-0.25, -0.2) is 0 Å². The second-order valence-electron chi connectivity index (χ2n) is 3.86. The maximum atomic E-state index is 5.76. The molecule has 4 heteroatoms. The Morgan fingerprint density at radius 2 is 1.88 bits per heavy atom. The molecule has 0 saturated heterocycles. The van der Waals surface area contributed by atoms with Crippen molar-refractivity contribution in [2.45, 2.75) is 26.4 Å². The first-order valence-corrected chi connectivity index (χ1v) is 5.59. The van der Waals surface area contributed by atoms with Crippen molar-refractivity contribution in [3.05, 3.63) is 24.3 Å². The van der Waals surface area contributed by atoms with Crippen LogP contribution in [0.4, 0.5) is 0 Å². The Labute approximate surface area is 102 Å². The van der Waals surface area contributed by atoms with E-state index in [4.69, 9.17) is 27.4 Å². The van der Waals surface area contributed by atoms with E-state index in [1.807, 2.05) is 45.0 Å². The number of rotatable bonds is 5. The smallest absolute Gasteiger partial charge is 0.162 e. The average Bonchev–Trinajstić information content (AvgIpc) is 2.20. The third-order valence-electron chi connectivity index (χ3n) is 2.11. The molecule has 0 spiro atoms. The number of para-hydroxylation sites is 2. The second kappa shape index (κ2) is 5.16. The first kappa shape index (κ1) is 12.8. The highest BCUT2D eigenvalue weighted by molar-refractivity contribution is 7.80. The van der Waals surface area contributed by atoms with E-state index in [2.05, 4.69) is 0 Å². The quantitative estimate of drug-likeness (QED) is 0.802. The van der Waals surface area contributed by atoms with Crippen molar-refractivity contribution >= 4 is 17.2 Å². The predicted octanol–water partition coefficient (Wildman–Crippen LogP) is 2.53. The normalized spacial score (nSPS) is 10.9. The molecule has 1 rings (SSSR count). The van der Waals surface area contributed by atoms with E-state index in [1.165, 1.54) is 0 Å². The summed E-state index contributed by atoms with van der Waals surface area (Å²) in [6.07, 6.45) is 0. The van der Waals surface area contributed by atoms with Gasteiger partial charge in [-0.15, -0.1) is 0 Å². The van der Waals surface area contributed by atoms with Crippen LogP contribution >= 0.6 is 12.2 Å². The Morgan fingerprint density at radius 3 is 2.38 bits per heavy atom. The fourth-order valence-electron chi connectivity index (χ4n) is 1.13. The van der Waals surface area contributed by atoms with Crippen LogP contribution in [0, 0.1) is 0 Å². The Hall–Kier alpha value is -1.29. The fourth-order valence-corrected chi connectivity index (χ4v) is 1.18. The summed E-state index contributed by atoms with van der Waals surface area (Å²) < 4.78 is 11.2. The minimum Gasteiger partial charge on any atom is -0.490 e. The molecule has 0 amide bonds. The molecule has 0 aromatic heterocycles. The van der Waals surface area contributed by atoms with Gasteiger partial charge < -0.3 is 15.2 Å². The van der Waals surface area contributed by atoms with Crippen LogP contribution in [0.15, 0.2) is 24.3 Å². The van der Waals surface area contributed by atoms with Crippen LogP contribution in [0.5, 0.6) is 11.5 Å². The Bertz CT molecular complexity index is 377. The molecule has 0 aliphatic carbocycles. The molecule has 16 heavy (non-hydrogen) atoms. The molecule has 1 aromatic rings. The van der Waals surface area contributed by atoms with E-state index < -0.39 is 5.60 Å². The number of hydrogen-bond donors (Lipinski definition) is 1. The van der Waals surface area contributed by atoms with Crippen LogP contribution in [0.1, 0.15) is 20.8 Å². The molecule has 0 unspecified atom stereocenters. The molecular formula is C12H17NO2S. The highest BCUT2D eigenvalue weighted by Crippen LogP contribution is 2.29. The molecule has 0 atom stereocenters. The van der Waals surface area contributed by atoms with Crippen LogP contribution in [-0.4, -0.2) is 17.2 Å². The monoisotopic (exact) mass is 239 g/mol. The highest BCUT2D eigenvalue weighted by atomic mass is 32.1. The van der Waals surface area contributed by atoms with E-state index in [-0.39, 0.29) is 0 Å². The number of nitrogens with two attached hydrogens (primary N) is 1. The van der Waals surface area contributed by atoms with Crippen LogP contribution in [0.25, 0.3) is 0 Å². The van der Waals surface area contributed by atoms with Gasteiger partial charge in [0.05, 0.1) is 6.61 Å². The first-order valence-electron chi connectivity index (χ1n) is 5.18. The van der Waals surface area contributed by atoms with Gasteiger partial charge in [0.15, 0.2) is 17.1 Å². The lowest BCUT2D eigenvalue weighted by Crippen LogP contribution is -2.42. The zero-order valence-corrected chi connectivity index (χ0v) is 10.6. The summed E-state index contributed by atoms with van der Waals surface area (Å²) in [5.74, 6) is 1.36. The van der Waals surface area contributed by atoms with Crippen LogP contribution in [0.2, 0.25) is 0 Å². The van der Waals surface area contributed by atoms with Gasteiger partial charge in [0.1, 0.15) is 4.99 Å². The summed E-state index contributed by atoms with van der Waals surface area (Å²) in [5.41, 5.74) is 4.93. The van der Waals surface area contributed by atoms with E-state index >= 15 is 0 Å². The van der Waals surface area contributed by atoms with Crippen molar-refractivity contribution in [3.63, 3.8) is 0 Å². The fraction of sp³-hybridized carbons (Fsp3) is 0.417. The largest absolute Gasteiger partial charge is 0.490 e. The standard InChI is InChI=1S/C12H17NO2S/c1-4-14-9-7-5-6-8-10(9)15-12(2,3)11(13)16/h5-8H,4H2,1-3H3,(H2,13,16). The Balaban J connectivity index is 2.92. The zero-order valence-electron chi connectivity index (χ0n) is 9.82. The van der Waals surface area contributed by atoms with Gasteiger partial charge in [-0.2, -0.15) is 0 Å². The predicted molar refractivity (Wildman–Crippen MR) is 69.1 cm³/mol. The van der Waals surface area contributed by atoms with Gasteiger partial charge in [-0.05, 0) is 32.9 Å². The van der Waals surface area contributed by atoms with Gasteiger partial charge >= 0.3 is 0 Å². The Kier molecular flexibility index (Phi) is 4.12. The maximum absolute atomic E-state index is 5.76. The molecule has 0 saturated carbocycles. The highest BCUT2D eigenvalue weighted by Gasteiger charge is 2.24. The van der Waals surface area contributed by atoms with Crippen LogP contribution < -0.4 is 15.2 Å². The van der Waals surface area contributed by atoms with E-state index in [9.17, 15) is 0 Å². The van der Waals surface area contributed by atoms with Crippen LogP contribution in [-0.2, 0) is 0 Å². The third-order valence-corrected chi connectivity index (χ3v) is 2.60. The van der Waals surface area contributed by atoms with Crippen molar-refractivity contribution in [2.75, 3.05) is 6.61 Å². The van der Waals surface area contributed by atoms with E-state index in [0.29, 0.717) is 23.1 Å². The maximum Gasteiger partial charge on any atom is 0.162 e. The summed E-state index contributed by atoms with van der Waals surface area (Å²) >= 11 is 4.95. The van der Waals surface area contributed by atoms with Gasteiger partial charge in [0, 0.05) is 0 Å². The van der Waals surface area contributed by atoms with Crippen molar-refractivity contribution in [3.8, 4) is 11.5 Å². The SMILES string of the molecule is CCOc1ccccc1OC(C)(C)C(N)=S. The second-order valence-corrected chi connectivity index (χ2v) is 4.30. The van der Waals surface area contributed by atoms with Gasteiger partial charge in [-0.3, -0.25) is 0 Å². The molecule has 88 valence electrons. The number of benzene rings is 1. The summed E-state index contributed by atoms with van der Waals surface area (Å²) in [7, 11) is 0. The van der Waals surface area contributed by atoms with E-state index in [1.54, 1.807) is 0 Å². The number of ether oxygens (including phenoxy) is 2. The first-order chi connectivity index (χ1) is 7.47. The molecule has 0 radical (unpaired) electrons. The summed E-state index contributed by atoms with van der Waals surface area (Å²) in [4.78, 5) is 0.318. The molecule has 0 aliphatic rings. The zero-order chi connectivity index (χ0) is 12.2. The lowest BCUT2D eigenvalue weighted by Gasteiger charge is -2.26. The lowest BCUT2D eigenvalue weighted by atomic mass is 10.1. The molecular weight excluding hydrogens is 222 g/mol. The number of hydrogen-bond acceptors (Lipinski definition) is 3. The van der Waals surface area contributed by atoms with Gasteiger partial charge in [-0.1, -0.05) is 24.4 Å². The Morgan fingerprint density at radius 1 is 1.31 bits per heavy atom. The third kappa shape index (κ3) is 3.10. The molecule has 0 bridgehead atoms. The average molecular weight is 239 g/mol. The van der Waals surface area contributed by atoms with E-state index in [0.717, 1.165) is 0 Å². The number of thiocarbonyl (C=S) groups is 1. The minimum atomic E-state index is -0.678. The van der Waals surface area contributed by atoms with Crippen molar-refractivity contribution in [1.82, 2.24) is 0 Å². The summed E-state index contributed by atoms with van der Waals surface area (Å²) in [5, 5.41) is 0. The molecule has 3 nitrogen and oxygen atoms in total. The van der Waals surface area contributed by atoms with Gasteiger partial charge in [0.2, 0.25) is 0 Å². The summed E-state index contributed by atoms with van der Waals surface area (Å²) in [6.45, 7) is 6.18. The van der Waals surface area contributed by atoms with Crippen molar-refractivity contribution < 1.29 is 9.47 Å². The molecule has 0 fully saturated rings. The van der Waals surface area contributed by atoms with Gasteiger partial charge in [0.25, 0.3) is 0 Å². The lowest BCUT2D eigenvalue weighted by molar-refractivity contribution is 0.173. The van der Waals surface area contributed by atoms with Crippen molar-refractivity contribution in [1.29, 1.82) is 0 Å². The molecule has 0 aliphatic heterocycles. The van der Waals surface area contributed by atoms with Crippen LogP contribution in [0.3, 0.4) is 0 Å². The summed E-state index contributed by atoms with van der Waals surface area (Å²) in [6, 6.07) is 7.47. The molecule has 2 N–H and O–H groups in total. The van der Waals surface area contributed by atoms with Crippen molar-refractivity contribution in [2.24, 2.45) is 5.73 Å². The minimum absolute atomic E-state index is 0.318. The molecule has 1 aromatic carbocycles.